The van der Waals surface area contributed by atoms with E-state index in [1.54, 1.807) is 4.90 Å². The van der Waals surface area contributed by atoms with Crippen LogP contribution < -0.4 is 0 Å². The number of hydrogen-bond donors (Lipinski definition) is 0. The molecule has 1 aliphatic heterocycles. The summed E-state index contributed by atoms with van der Waals surface area (Å²) in [6, 6.07) is 0.276. The van der Waals surface area contributed by atoms with Gasteiger partial charge in [-0.25, -0.2) is 4.79 Å². The molecule has 1 aliphatic rings. The molecule has 1 amide bonds. The Balaban J connectivity index is 0.00000225. The molecule has 2 unspecified atom stereocenters. The van der Waals surface area contributed by atoms with E-state index in [0.717, 1.165) is 19.4 Å². The van der Waals surface area contributed by atoms with Crippen LogP contribution in [0.1, 0.15) is 40.5 Å². The van der Waals surface area contributed by atoms with Crippen LogP contribution in [0, 0.1) is 12.8 Å². The van der Waals surface area contributed by atoms with Crippen molar-refractivity contribution in [2.24, 2.45) is 5.92 Å². The maximum atomic E-state index is 11.8. The number of hydrogen-bond acceptors (Lipinski definition) is 2. The predicted octanol–water partition coefficient (Wildman–Crippen LogP) is 2.85. The fraction of sp³-hybridized carbons (Fsp3) is 0.833. The summed E-state index contributed by atoms with van der Waals surface area (Å²) in [6.07, 6.45) is 1.91. The molecule has 0 aromatic heterocycles. The first-order valence-corrected chi connectivity index (χ1v) is 5.62. The van der Waals surface area contributed by atoms with Crippen molar-refractivity contribution >= 4 is 6.09 Å². The van der Waals surface area contributed by atoms with Gasteiger partial charge >= 0.3 is 25.6 Å². The van der Waals surface area contributed by atoms with Gasteiger partial charge in [0.25, 0.3) is 0 Å². The van der Waals surface area contributed by atoms with Crippen molar-refractivity contribution in [2.75, 3.05) is 6.54 Å². The van der Waals surface area contributed by atoms with Crippen LogP contribution in [0.15, 0.2) is 0 Å². The summed E-state index contributed by atoms with van der Waals surface area (Å²) in [6.45, 7) is 12.5. The van der Waals surface area contributed by atoms with Crippen molar-refractivity contribution in [3.8, 4) is 0 Å². The molecular formula is C12H22NO2Zn+. The minimum Gasteiger partial charge on any atom is -0.444 e. The van der Waals surface area contributed by atoms with Crippen LogP contribution in [0.4, 0.5) is 4.79 Å². The molecule has 1 fully saturated rings. The summed E-state index contributed by atoms with van der Waals surface area (Å²) < 4.78 is 5.36. The zero-order valence-electron chi connectivity index (χ0n) is 11.0. The molecule has 3 nitrogen and oxygen atoms in total. The summed E-state index contributed by atoms with van der Waals surface area (Å²) in [7, 11) is 0. The SMILES string of the molecule is [CH2-]C1CCC(C)N(C(=O)OC(C)(C)C)C1.[Zn+2]. The van der Waals surface area contributed by atoms with Crippen molar-refractivity contribution in [3.05, 3.63) is 6.92 Å². The molecule has 0 aromatic carbocycles. The first kappa shape index (κ1) is 15.9. The van der Waals surface area contributed by atoms with E-state index in [2.05, 4.69) is 13.8 Å². The van der Waals surface area contributed by atoms with E-state index in [1.165, 1.54) is 0 Å². The number of ether oxygens (including phenoxy) is 1. The van der Waals surface area contributed by atoms with E-state index < -0.39 is 5.60 Å². The molecule has 0 radical (unpaired) electrons. The molecule has 0 saturated carbocycles. The average molecular weight is 278 g/mol. The minimum atomic E-state index is -0.412. The maximum Gasteiger partial charge on any atom is 2.00 e. The number of likely N-dealkylation sites (tertiary alicyclic amines) is 1. The second-order valence-corrected chi connectivity index (χ2v) is 5.43. The number of carbonyl (C=O) groups is 1. The first-order chi connectivity index (χ1) is 6.79. The van der Waals surface area contributed by atoms with Crippen LogP contribution in [-0.4, -0.2) is 29.2 Å². The summed E-state index contributed by atoms with van der Waals surface area (Å²) in [5, 5.41) is 0. The number of rotatable bonds is 0. The maximum absolute atomic E-state index is 11.8. The Morgan fingerprint density at radius 3 is 2.44 bits per heavy atom. The molecule has 0 spiro atoms. The summed E-state index contributed by atoms with van der Waals surface area (Å²) >= 11 is 0. The molecular weight excluding hydrogens is 256 g/mol. The molecule has 0 aliphatic carbocycles. The van der Waals surface area contributed by atoms with Crippen molar-refractivity contribution in [3.63, 3.8) is 0 Å². The molecule has 1 saturated heterocycles. The zero-order valence-corrected chi connectivity index (χ0v) is 13.9. The van der Waals surface area contributed by atoms with E-state index in [4.69, 9.17) is 4.74 Å². The molecule has 2 atom stereocenters. The largest absolute Gasteiger partial charge is 2.00 e. The number of piperidine rings is 1. The third-order valence-electron chi connectivity index (χ3n) is 2.61. The smallest absolute Gasteiger partial charge is 0.444 e. The molecule has 4 heteroatoms. The third kappa shape index (κ3) is 4.82. The van der Waals surface area contributed by atoms with Gasteiger partial charge in [-0.1, -0.05) is 6.42 Å². The fourth-order valence-corrected chi connectivity index (χ4v) is 1.76. The Kier molecular flexibility index (Phi) is 5.96. The zero-order chi connectivity index (χ0) is 11.6. The Morgan fingerprint density at radius 2 is 1.94 bits per heavy atom. The van der Waals surface area contributed by atoms with Crippen molar-refractivity contribution in [2.45, 2.75) is 52.2 Å². The van der Waals surface area contributed by atoms with Crippen molar-refractivity contribution in [1.29, 1.82) is 0 Å². The second kappa shape index (κ2) is 6.00. The molecule has 1 heterocycles. The van der Waals surface area contributed by atoms with Crippen LogP contribution in [0.3, 0.4) is 0 Å². The normalized spacial score (nSPS) is 25.9. The van der Waals surface area contributed by atoms with Crippen LogP contribution in [0.25, 0.3) is 0 Å². The van der Waals surface area contributed by atoms with E-state index in [9.17, 15) is 4.79 Å². The van der Waals surface area contributed by atoms with Crippen LogP contribution in [0.5, 0.6) is 0 Å². The Labute approximate surface area is 112 Å². The number of carbonyl (C=O) groups excluding carboxylic acids is 1. The summed E-state index contributed by atoms with van der Waals surface area (Å²) in [4.78, 5) is 13.6. The van der Waals surface area contributed by atoms with Gasteiger partial charge in [0.1, 0.15) is 5.60 Å². The van der Waals surface area contributed by atoms with E-state index in [-0.39, 0.29) is 31.6 Å². The Bertz CT molecular complexity index is 238. The molecule has 0 aromatic rings. The molecule has 0 bridgehead atoms. The van der Waals surface area contributed by atoms with Gasteiger partial charge in [0.15, 0.2) is 0 Å². The van der Waals surface area contributed by atoms with E-state index in [1.807, 2.05) is 20.8 Å². The quantitative estimate of drug-likeness (QED) is 0.503. The second-order valence-electron chi connectivity index (χ2n) is 5.43. The first-order valence-electron chi connectivity index (χ1n) is 5.62. The standard InChI is InChI=1S/C12H22NO2.Zn/c1-9-6-7-10(2)13(8-9)11(14)15-12(3,4)5;/h9-10H,1,6-8H2,2-5H3;/q-1;+2. The topological polar surface area (TPSA) is 29.5 Å². The van der Waals surface area contributed by atoms with Gasteiger partial charge in [-0.15, -0.1) is 0 Å². The molecule has 88 valence electrons. The van der Waals surface area contributed by atoms with Gasteiger partial charge in [-0.2, -0.15) is 5.92 Å². The molecule has 16 heavy (non-hydrogen) atoms. The van der Waals surface area contributed by atoms with Gasteiger partial charge in [0.2, 0.25) is 0 Å². The van der Waals surface area contributed by atoms with Crippen LogP contribution in [0.2, 0.25) is 0 Å². The Hall–Kier alpha value is -0.107. The number of amides is 1. The van der Waals surface area contributed by atoms with Crippen molar-refractivity contribution in [1.82, 2.24) is 4.90 Å². The van der Waals surface area contributed by atoms with Crippen LogP contribution in [-0.2, 0) is 24.2 Å². The van der Waals surface area contributed by atoms with Crippen LogP contribution >= 0.6 is 0 Å². The number of nitrogens with zero attached hydrogens (tertiary/aromatic N) is 1. The third-order valence-corrected chi connectivity index (χ3v) is 2.61. The predicted molar refractivity (Wildman–Crippen MR) is 60.5 cm³/mol. The van der Waals surface area contributed by atoms with Gasteiger partial charge < -0.3 is 16.6 Å². The minimum absolute atomic E-state index is 0. The van der Waals surface area contributed by atoms with E-state index >= 15 is 0 Å². The summed E-state index contributed by atoms with van der Waals surface area (Å²) in [5.74, 6) is 0.341. The molecule has 1 rings (SSSR count). The van der Waals surface area contributed by atoms with Gasteiger partial charge in [0, 0.05) is 6.04 Å². The monoisotopic (exact) mass is 276 g/mol. The van der Waals surface area contributed by atoms with Gasteiger partial charge in [0.05, 0.1) is 0 Å². The Morgan fingerprint density at radius 1 is 1.38 bits per heavy atom. The average Bonchev–Trinajstić information content (AvgIpc) is 2.06. The molecule has 0 N–H and O–H groups in total. The van der Waals surface area contributed by atoms with Gasteiger partial charge in [-0.3, -0.25) is 0 Å². The fourth-order valence-electron chi connectivity index (χ4n) is 1.76. The van der Waals surface area contributed by atoms with Crippen molar-refractivity contribution < 1.29 is 29.0 Å². The van der Waals surface area contributed by atoms with Gasteiger partial charge in [-0.05, 0) is 40.7 Å². The summed E-state index contributed by atoms with van der Waals surface area (Å²) in [5.41, 5.74) is -0.412. The van der Waals surface area contributed by atoms with E-state index in [0.29, 0.717) is 5.92 Å².